The molecule has 0 saturated carbocycles. The summed E-state index contributed by atoms with van der Waals surface area (Å²) in [5.74, 6) is -0.320. The van der Waals surface area contributed by atoms with Crippen molar-refractivity contribution in [2.45, 2.75) is 20.0 Å². The Bertz CT molecular complexity index is 1580. The second-order valence-electron chi connectivity index (χ2n) is 8.40. The van der Waals surface area contributed by atoms with Crippen LogP contribution in [0.25, 0.3) is 16.7 Å². The number of aromatic nitrogens is 4. The number of aryl methyl sites for hydroxylation is 2. The first-order valence-electron chi connectivity index (χ1n) is 11.0. The van der Waals surface area contributed by atoms with Crippen LogP contribution in [-0.2, 0) is 6.18 Å². The van der Waals surface area contributed by atoms with Gasteiger partial charge in [-0.05, 0) is 61.9 Å². The van der Waals surface area contributed by atoms with Crippen LogP contribution in [0.15, 0.2) is 73.4 Å². The van der Waals surface area contributed by atoms with Crippen LogP contribution in [0.4, 0.5) is 30.2 Å². The zero-order valence-corrected chi connectivity index (χ0v) is 19.3. The minimum Gasteiger partial charge on any atom is -0.355 e. The molecule has 0 aliphatic rings. The van der Waals surface area contributed by atoms with E-state index < -0.39 is 11.7 Å². The molecule has 1 amide bonds. The van der Waals surface area contributed by atoms with Crippen LogP contribution in [0, 0.1) is 13.8 Å². The predicted octanol–water partition coefficient (Wildman–Crippen LogP) is 6.38. The number of alkyl halides is 3. The van der Waals surface area contributed by atoms with E-state index in [0.717, 1.165) is 17.7 Å². The van der Waals surface area contributed by atoms with Gasteiger partial charge in [0.1, 0.15) is 5.65 Å². The van der Waals surface area contributed by atoms with E-state index in [2.05, 4.69) is 25.6 Å². The van der Waals surface area contributed by atoms with Crippen LogP contribution >= 0.6 is 0 Å². The Balaban J connectivity index is 1.45. The van der Waals surface area contributed by atoms with Crippen molar-refractivity contribution >= 4 is 34.0 Å². The average Bonchev–Trinajstić information content (AvgIpc) is 3.49. The summed E-state index contributed by atoms with van der Waals surface area (Å²) >= 11 is 0. The van der Waals surface area contributed by atoms with Crippen molar-refractivity contribution < 1.29 is 18.0 Å². The number of carbonyl (C=O) groups is 1. The monoisotopic (exact) mass is 490 g/mol. The second kappa shape index (κ2) is 8.88. The molecule has 5 rings (SSSR count). The summed E-state index contributed by atoms with van der Waals surface area (Å²) in [5.41, 5.74) is 3.37. The summed E-state index contributed by atoms with van der Waals surface area (Å²) < 4.78 is 42.4. The fraction of sp³-hybridized carbons (Fsp3) is 0.115. The number of nitrogens with one attached hydrogen (secondary N) is 3. The zero-order chi connectivity index (χ0) is 25.4. The molecule has 0 spiro atoms. The van der Waals surface area contributed by atoms with Crippen molar-refractivity contribution in [2.75, 3.05) is 10.6 Å². The Hall–Kier alpha value is -4.60. The maximum absolute atomic E-state index is 13.6. The highest BCUT2D eigenvalue weighted by Crippen LogP contribution is 2.34. The highest BCUT2D eigenvalue weighted by Gasteiger charge is 2.31. The molecule has 2 aromatic carbocycles. The number of nitrogens with zero attached hydrogens (tertiary/aromatic N) is 3. The molecule has 36 heavy (non-hydrogen) atoms. The van der Waals surface area contributed by atoms with Crippen LogP contribution in [-0.4, -0.2) is 25.4 Å². The van der Waals surface area contributed by atoms with Gasteiger partial charge >= 0.3 is 6.18 Å². The van der Waals surface area contributed by atoms with Gasteiger partial charge in [-0.3, -0.25) is 4.79 Å². The van der Waals surface area contributed by atoms with Crippen LogP contribution in [0.5, 0.6) is 0 Å². The number of hydrogen-bond donors (Lipinski definition) is 3. The molecule has 0 radical (unpaired) electrons. The molecule has 0 bridgehead atoms. The number of amides is 1. The highest BCUT2D eigenvalue weighted by atomic mass is 19.4. The van der Waals surface area contributed by atoms with Gasteiger partial charge in [-0.1, -0.05) is 6.07 Å². The maximum Gasteiger partial charge on any atom is 0.416 e. The number of anilines is 3. The minimum atomic E-state index is -4.53. The SMILES string of the molecule is Cc1cn(-c2cc(Nc3ccc(C)c(NC(=O)c4ccnc5[nH]ccc45)c3)cc(C(F)(F)F)c2)cn1. The maximum atomic E-state index is 13.6. The van der Waals surface area contributed by atoms with Gasteiger partial charge in [0.2, 0.25) is 0 Å². The van der Waals surface area contributed by atoms with Gasteiger partial charge in [-0.2, -0.15) is 13.2 Å². The third-order valence-electron chi connectivity index (χ3n) is 5.73. The van der Waals surface area contributed by atoms with Gasteiger partial charge in [0.05, 0.1) is 23.1 Å². The molecule has 0 saturated heterocycles. The van der Waals surface area contributed by atoms with E-state index >= 15 is 0 Å². The Morgan fingerprint density at radius 2 is 1.83 bits per heavy atom. The summed E-state index contributed by atoms with van der Waals surface area (Å²) in [4.78, 5) is 24.3. The van der Waals surface area contributed by atoms with Crippen molar-refractivity contribution in [3.8, 4) is 5.69 Å². The fourth-order valence-electron chi connectivity index (χ4n) is 3.91. The molecular formula is C26H21F3N6O. The normalized spacial score (nSPS) is 11.6. The Kier molecular flexibility index (Phi) is 5.71. The lowest BCUT2D eigenvalue weighted by Crippen LogP contribution is -2.13. The lowest BCUT2D eigenvalue weighted by molar-refractivity contribution is -0.137. The van der Waals surface area contributed by atoms with E-state index in [1.165, 1.54) is 10.9 Å². The average molecular weight is 490 g/mol. The molecule has 3 aromatic heterocycles. The number of H-pyrrole nitrogens is 1. The first kappa shape index (κ1) is 23.2. The summed E-state index contributed by atoms with van der Waals surface area (Å²) in [6.45, 7) is 3.60. The summed E-state index contributed by atoms with van der Waals surface area (Å²) in [7, 11) is 0. The van der Waals surface area contributed by atoms with Gasteiger partial charge in [-0.25, -0.2) is 9.97 Å². The van der Waals surface area contributed by atoms with Gasteiger partial charge in [0.15, 0.2) is 0 Å². The van der Waals surface area contributed by atoms with E-state index in [-0.39, 0.29) is 11.6 Å². The van der Waals surface area contributed by atoms with Crippen molar-refractivity contribution in [1.82, 2.24) is 19.5 Å². The molecule has 3 heterocycles. The summed E-state index contributed by atoms with van der Waals surface area (Å²) in [6, 6.07) is 12.3. The molecule has 5 aromatic rings. The molecule has 0 aliphatic heterocycles. The number of pyridine rings is 1. The number of carbonyl (C=O) groups excluding carboxylic acids is 1. The van der Waals surface area contributed by atoms with Crippen LogP contribution in [0.1, 0.15) is 27.2 Å². The zero-order valence-electron chi connectivity index (χ0n) is 19.3. The molecule has 182 valence electrons. The van der Waals surface area contributed by atoms with Crippen molar-refractivity contribution in [1.29, 1.82) is 0 Å². The fourth-order valence-corrected chi connectivity index (χ4v) is 3.91. The topological polar surface area (TPSA) is 87.6 Å². The van der Waals surface area contributed by atoms with Gasteiger partial charge in [0, 0.05) is 46.7 Å². The molecule has 0 unspecified atom stereocenters. The quantitative estimate of drug-likeness (QED) is 0.267. The van der Waals surface area contributed by atoms with Crippen molar-refractivity contribution in [3.63, 3.8) is 0 Å². The molecule has 7 nitrogen and oxygen atoms in total. The second-order valence-corrected chi connectivity index (χ2v) is 8.40. The Morgan fingerprint density at radius 3 is 2.58 bits per heavy atom. The molecule has 0 fully saturated rings. The lowest BCUT2D eigenvalue weighted by atomic mass is 10.1. The highest BCUT2D eigenvalue weighted by molar-refractivity contribution is 6.12. The number of imidazole rings is 1. The largest absolute Gasteiger partial charge is 0.416 e. The number of aromatic amines is 1. The number of rotatable bonds is 5. The van der Waals surface area contributed by atoms with E-state index in [4.69, 9.17) is 0 Å². The van der Waals surface area contributed by atoms with E-state index in [1.54, 1.807) is 61.9 Å². The first-order chi connectivity index (χ1) is 17.2. The molecule has 0 atom stereocenters. The molecule has 0 aliphatic carbocycles. The van der Waals surface area contributed by atoms with Crippen molar-refractivity contribution in [2.24, 2.45) is 0 Å². The van der Waals surface area contributed by atoms with E-state index in [0.29, 0.717) is 39.4 Å². The number of fused-ring (bicyclic) bond motifs is 1. The first-order valence-corrected chi connectivity index (χ1v) is 11.0. The van der Waals surface area contributed by atoms with E-state index in [1.807, 2.05) is 6.92 Å². The minimum absolute atomic E-state index is 0.246. The van der Waals surface area contributed by atoms with E-state index in [9.17, 15) is 18.0 Å². The number of hydrogen-bond acceptors (Lipinski definition) is 4. The van der Waals surface area contributed by atoms with Gasteiger partial charge < -0.3 is 20.2 Å². The number of halogens is 3. The van der Waals surface area contributed by atoms with Crippen LogP contribution in [0.2, 0.25) is 0 Å². The van der Waals surface area contributed by atoms with Crippen LogP contribution < -0.4 is 10.6 Å². The predicted molar refractivity (Wildman–Crippen MR) is 132 cm³/mol. The Labute approximate surface area is 204 Å². The smallest absolute Gasteiger partial charge is 0.355 e. The summed E-state index contributed by atoms with van der Waals surface area (Å²) in [6.07, 6.45) is 1.85. The molecule has 10 heteroatoms. The van der Waals surface area contributed by atoms with Gasteiger partial charge in [-0.15, -0.1) is 0 Å². The Morgan fingerprint density at radius 1 is 1.00 bits per heavy atom. The van der Waals surface area contributed by atoms with Gasteiger partial charge in [0.25, 0.3) is 5.91 Å². The third-order valence-corrected chi connectivity index (χ3v) is 5.73. The molecule has 3 N–H and O–H groups in total. The third kappa shape index (κ3) is 4.65. The summed E-state index contributed by atoms with van der Waals surface area (Å²) in [5, 5.41) is 6.62. The molecular weight excluding hydrogens is 469 g/mol. The van der Waals surface area contributed by atoms with Crippen molar-refractivity contribution in [3.05, 3.63) is 95.8 Å². The lowest BCUT2D eigenvalue weighted by Gasteiger charge is -2.16. The standard InChI is InChI=1S/C26H21F3N6O/c1-15-3-4-18(12-23(15)34-25(36)22-6-8-31-24-21(22)5-7-30-24)33-19-9-17(26(27,28)29)10-20(11-19)35-13-16(2)32-14-35/h3-14,33H,1-2H3,(H,30,31)(H,34,36). The number of benzene rings is 2. The van der Waals surface area contributed by atoms with Crippen LogP contribution in [0.3, 0.4) is 0 Å².